The molecule has 3 nitrogen and oxygen atoms in total. The Labute approximate surface area is 107 Å². The summed E-state index contributed by atoms with van der Waals surface area (Å²) in [5.74, 6) is 1.61. The third-order valence-electron chi connectivity index (χ3n) is 2.59. The Hall–Kier alpha value is -2.34. The third kappa shape index (κ3) is 2.67. The van der Waals surface area contributed by atoms with Crippen molar-refractivity contribution in [2.45, 2.75) is 19.8 Å². The van der Waals surface area contributed by atoms with E-state index in [1.807, 2.05) is 30.3 Å². The minimum atomic E-state index is 0.356. The van der Waals surface area contributed by atoms with E-state index in [0.29, 0.717) is 17.5 Å². The molecule has 0 saturated carbocycles. The first-order valence-corrected chi connectivity index (χ1v) is 5.84. The van der Waals surface area contributed by atoms with Crippen LogP contribution >= 0.6 is 0 Å². The van der Waals surface area contributed by atoms with Gasteiger partial charge in [-0.15, -0.1) is 0 Å². The largest absolute Gasteiger partial charge is 0.439 e. The van der Waals surface area contributed by atoms with Gasteiger partial charge in [-0.05, 0) is 23.6 Å². The zero-order valence-electron chi connectivity index (χ0n) is 10.4. The molecule has 0 aliphatic heterocycles. The third-order valence-corrected chi connectivity index (χ3v) is 2.59. The number of aromatic nitrogens is 1. The monoisotopic (exact) mass is 238 g/mol. The molecule has 2 aromatic rings. The lowest BCUT2D eigenvalue weighted by molar-refractivity contribution is 0.454. The minimum Gasteiger partial charge on any atom is -0.439 e. The van der Waals surface area contributed by atoms with Gasteiger partial charge < -0.3 is 4.74 Å². The molecule has 0 bridgehead atoms. The molecule has 2 rings (SSSR count). The molecule has 0 amide bonds. The zero-order chi connectivity index (χ0) is 13.0. The normalized spacial score (nSPS) is 10.1. The molecule has 18 heavy (non-hydrogen) atoms. The van der Waals surface area contributed by atoms with E-state index in [9.17, 15) is 0 Å². The van der Waals surface area contributed by atoms with Crippen LogP contribution in [0.1, 0.15) is 31.0 Å². The topological polar surface area (TPSA) is 45.9 Å². The maximum absolute atomic E-state index is 8.80. The van der Waals surface area contributed by atoms with Crippen LogP contribution in [0.4, 0.5) is 0 Å². The fraction of sp³-hybridized carbons (Fsp3) is 0.200. The van der Waals surface area contributed by atoms with Gasteiger partial charge in [0.25, 0.3) is 0 Å². The van der Waals surface area contributed by atoms with Crippen LogP contribution in [0.3, 0.4) is 0 Å². The van der Waals surface area contributed by atoms with Crippen molar-refractivity contribution in [2.75, 3.05) is 0 Å². The van der Waals surface area contributed by atoms with Crippen LogP contribution in [0.25, 0.3) is 0 Å². The standard InChI is InChI=1S/C15H14N2O/c1-11(2)13-7-3-4-8-14(13)18-15-9-5-6-12(10-16)17-15/h3-9,11H,1-2H3. The molecule has 0 fully saturated rings. The smallest absolute Gasteiger partial charge is 0.220 e. The van der Waals surface area contributed by atoms with Gasteiger partial charge >= 0.3 is 0 Å². The first-order valence-electron chi connectivity index (χ1n) is 5.84. The number of nitriles is 1. The van der Waals surface area contributed by atoms with Crippen LogP contribution in [0.2, 0.25) is 0 Å². The van der Waals surface area contributed by atoms with Gasteiger partial charge in [-0.1, -0.05) is 38.1 Å². The number of benzene rings is 1. The highest BCUT2D eigenvalue weighted by Gasteiger charge is 2.08. The molecule has 0 saturated heterocycles. The van der Waals surface area contributed by atoms with Crippen LogP contribution in [0.15, 0.2) is 42.5 Å². The fourth-order valence-electron chi connectivity index (χ4n) is 1.70. The highest BCUT2D eigenvalue weighted by Crippen LogP contribution is 2.29. The number of hydrogen-bond acceptors (Lipinski definition) is 3. The van der Waals surface area contributed by atoms with Gasteiger partial charge in [-0.2, -0.15) is 5.26 Å². The lowest BCUT2D eigenvalue weighted by atomic mass is 10.0. The number of hydrogen-bond donors (Lipinski definition) is 0. The molecule has 0 unspecified atom stereocenters. The van der Waals surface area contributed by atoms with Gasteiger partial charge in [0.2, 0.25) is 5.88 Å². The number of para-hydroxylation sites is 1. The molecule has 0 spiro atoms. The molecule has 0 N–H and O–H groups in total. The number of nitrogens with zero attached hydrogens (tertiary/aromatic N) is 2. The Balaban J connectivity index is 2.31. The maximum Gasteiger partial charge on any atom is 0.220 e. The molecule has 3 heteroatoms. The molecular formula is C15H14N2O. The summed E-state index contributed by atoms with van der Waals surface area (Å²) >= 11 is 0. The second-order valence-electron chi connectivity index (χ2n) is 4.27. The summed E-state index contributed by atoms with van der Waals surface area (Å²) in [4.78, 5) is 4.10. The van der Waals surface area contributed by atoms with E-state index in [0.717, 1.165) is 11.3 Å². The Morgan fingerprint density at radius 1 is 1.11 bits per heavy atom. The van der Waals surface area contributed by atoms with E-state index < -0.39 is 0 Å². The first kappa shape index (κ1) is 12.1. The van der Waals surface area contributed by atoms with Crippen LogP contribution in [-0.2, 0) is 0 Å². The van der Waals surface area contributed by atoms with Crippen LogP contribution in [0, 0.1) is 11.3 Å². The van der Waals surface area contributed by atoms with Crippen LogP contribution in [-0.4, -0.2) is 4.98 Å². The predicted molar refractivity (Wildman–Crippen MR) is 69.6 cm³/mol. The highest BCUT2D eigenvalue weighted by atomic mass is 16.5. The average Bonchev–Trinajstić information content (AvgIpc) is 2.39. The van der Waals surface area contributed by atoms with Crippen molar-refractivity contribution in [3.8, 4) is 17.7 Å². The van der Waals surface area contributed by atoms with Crippen LogP contribution < -0.4 is 4.74 Å². The van der Waals surface area contributed by atoms with Gasteiger partial charge in [0.1, 0.15) is 17.5 Å². The Bertz CT molecular complexity index is 585. The zero-order valence-corrected chi connectivity index (χ0v) is 10.4. The molecule has 1 aromatic heterocycles. The maximum atomic E-state index is 8.80. The van der Waals surface area contributed by atoms with Crippen molar-refractivity contribution >= 4 is 0 Å². The minimum absolute atomic E-state index is 0.356. The molecule has 1 aromatic carbocycles. The SMILES string of the molecule is CC(C)c1ccccc1Oc1cccc(C#N)n1. The summed E-state index contributed by atoms with van der Waals surface area (Å²) in [7, 11) is 0. The lowest BCUT2D eigenvalue weighted by Gasteiger charge is -2.12. The molecule has 90 valence electrons. The molecule has 1 heterocycles. The van der Waals surface area contributed by atoms with Crippen molar-refractivity contribution in [2.24, 2.45) is 0 Å². The summed E-state index contributed by atoms with van der Waals surface area (Å²) in [5, 5.41) is 8.80. The van der Waals surface area contributed by atoms with Crippen LogP contribution in [0.5, 0.6) is 11.6 Å². The molecule has 0 aliphatic carbocycles. The van der Waals surface area contributed by atoms with E-state index >= 15 is 0 Å². The van der Waals surface area contributed by atoms with Gasteiger partial charge in [0.15, 0.2) is 0 Å². The highest BCUT2D eigenvalue weighted by molar-refractivity contribution is 5.38. The Morgan fingerprint density at radius 2 is 1.89 bits per heavy atom. The predicted octanol–water partition coefficient (Wildman–Crippen LogP) is 3.87. The van der Waals surface area contributed by atoms with Crippen molar-refractivity contribution in [3.05, 3.63) is 53.7 Å². The van der Waals surface area contributed by atoms with E-state index in [1.54, 1.807) is 18.2 Å². The second kappa shape index (κ2) is 5.33. The molecule has 0 radical (unpaired) electrons. The van der Waals surface area contributed by atoms with E-state index in [4.69, 9.17) is 10.00 Å². The number of pyridine rings is 1. The van der Waals surface area contributed by atoms with Crippen molar-refractivity contribution in [3.63, 3.8) is 0 Å². The Kier molecular flexibility index (Phi) is 3.59. The van der Waals surface area contributed by atoms with Gasteiger partial charge in [-0.3, -0.25) is 0 Å². The van der Waals surface area contributed by atoms with Crippen molar-refractivity contribution in [1.82, 2.24) is 4.98 Å². The van der Waals surface area contributed by atoms with Gasteiger partial charge in [0.05, 0.1) is 0 Å². The average molecular weight is 238 g/mol. The molecular weight excluding hydrogens is 224 g/mol. The van der Waals surface area contributed by atoms with Crippen molar-refractivity contribution in [1.29, 1.82) is 5.26 Å². The van der Waals surface area contributed by atoms with Gasteiger partial charge in [-0.25, -0.2) is 4.98 Å². The van der Waals surface area contributed by atoms with Crippen molar-refractivity contribution < 1.29 is 4.74 Å². The second-order valence-corrected chi connectivity index (χ2v) is 4.27. The summed E-state index contributed by atoms with van der Waals surface area (Å²) in [6, 6.07) is 15.0. The summed E-state index contributed by atoms with van der Waals surface area (Å²) in [5.41, 5.74) is 1.48. The number of rotatable bonds is 3. The molecule has 0 atom stereocenters. The number of ether oxygens (including phenoxy) is 1. The summed E-state index contributed by atoms with van der Waals surface area (Å²) < 4.78 is 5.75. The van der Waals surface area contributed by atoms with E-state index in [-0.39, 0.29) is 0 Å². The summed E-state index contributed by atoms with van der Waals surface area (Å²) in [6.45, 7) is 4.22. The Morgan fingerprint density at radius 3 is 2.61 bits per heavy atom. The van der Waals surface area contributed by atoms with Gasteiger partial charge in [0, 0.05) is 6.07 Å². The van der Waals surface area contributed by atoms with E-state index in [1.165, 1.54) is 0 Å². The quantitative estimate of drug-likeness (QED) is 0.815. The van der Waals surface area contributed by atoms with E-state index in [2.05, 4.69) is 18.8 Å². The molecule has 0 aliphatic rings. The fourth-order valence-corrected chi connectivity index (χ4v) is 1.70. The first-order chi connectivity index (χ1) is 8.70. The summed E-state index contributed by atoms with van der Waals surface area (Å²) in [6.07, 6.45) is 0. The lowest BCUT2D eigenvalue weighted by Crippen LogP contribution is -1.95.